The molecule has 3 nitrogen and oxygen atoms in total. The van der Waals surface area contributed by atoms with Gasteiger partial charge in [-0.05, 0) is 0 Å². The van der Waals surface area contributed by atoms with Gasteiger partial charge in [-0.15, -0.1) is 0 Å². The Hall–Kier alpha value is -0.720. The van der Waals surface area contributed by atoms with Gasteiger partial charge in [-0.2, -0.15) is 18.2 Å². The zero-order valence-corrected chi connectivity index (χ0v) is 6.63. The maximum atomic E-state index is 11.6. The van der Waals surface area contributed by atoms with E-state index in [2.05, 4.69) is 10.3 Å². The zero-order chi connectivity index (χ0) is 9.19. The molecule has 0 saturated carbocycles. The van der Waals surface area contributed by atoms with Crippen LogP contribution in [0, 0.1) is 0 Å². The Bertz CT molecular complexity index is 217. The van der Waals surface area contributed by atoms with Crippen molar-refractivity contribution in [2.45, 2.75) is 6.18 Å². The van der Waals surface area contributed by atoms with Crippen molar-refractivity contribution in [2.75, 3.05) is 12.3 Å². The molecule has 0 unspecified atom stereocenters. The minimum Gasteiger partial charge on any atom is -0.364 e. The first-order valence-corrected chi connectivity index (χ1v) is 4.05. The van der Waals surface area contributed by atoms with Crippen molar-refractivity contribution in [1.29, 1.82) is 0 Å². The Balaban J connectivity index is 2.60. The number of nitrogens with zero attached hydrogens (tertiary/aromatic N) is 1. The zero-order valence-electron chi connectivity index (χ0n) is 5.81. The summed E-state index contributed by atoms with van der Waals surface area (Å²) >= 11 is 1.10. The lowest BCUT2D eigenvalue weighted by Gasteiger charge is -2.00. The summed E-state index contributed by atoms with van der Waals surface area (Å²) < 4.78 is 34.8. The van der Waals surface area contributed by atoms with Crippen LogP contribution in [0.2, 0.25) is 0 Å². The number of carbonyl (C=O) groups excluding carboxylic acids is 1. The van der Waals surface area contributed by atoms with Gasteiger partial charge in [-0.1, -0.05) is 11.8 Å². The summed E-state index contributed by atoms with van der Waals surface area (Å²) in [5, 5.41) is 2.60. The summed E-state index contributed by atoms with van der Waals surface area (Å²) in [7, 11) is 0. The Morgan fingerprint density at radius 3 is 2.67 bits per heavy atom. The number of rotatable bonds is 0. The van der Waals surface area contributed by atoms with E-state index in [4.69, 9.17) is 0 Å². The lowest BCUT2D eigenvalue weighted by atomic mass is 10.6. The Morgan fingerprint density at radius 1 is 1.58 bits per heavy atom. The van der Waals surface area contributed by atoms with Gasteiger partial charge in [0.1, 0.15) is 0 Å². The van der Waals surface area contributed by atoms with E-state index in [9.17, 15) is 18.0 Å². The number of amides is 1. The number of halogens is 3. The van der Waals surface area contributed by atoms with E-state index in [1.807, 2.05) is 0 Å². The van der Waals surface area contributed by atoms with Crippen LogP contribution in [0.25, 0.3) is 0 Å². The van der Waals surface area contributed by atoms with Crippen molar-refractivity contribution in [3.8, 4) is 0 Å². The predicted octanol–water partition coefficient (Wildman–Crippen LogP) is 0.768. The average molecular weight is 198 g/mol. The third-order valence-corrected chi connectivity index (χ3v) is 1.98. The Kier molecular flexibility index (Phi) is 2.61. The molecule has 0 aromatic rings. The first kappa shape index (κ1) is 9.37. The molecule has 1 heterocycles. The monoisotopic (exact) mass is 198 g/mol. The molecule has 0 aliphatic carbocycles. The second kappa shape index (κ2) is 3.34. The van der Waals surface area contributed by atoms with Gasteiger partial charge in [-0.3, -0.25) is 4.79 Å². The van der Waals surface area contributed by atoms with Crippen molar-refractivity contribution in [3.63, 3.8) is 0 Å². The van der Waals surface area contributed by atoms with Gasteiger partial charge < -0.3 is 5.32 Å². The maximum absolute atomic E-state index is 11.6. The standard InChI is InChI=1S/C5H5F3N2OS/c6-5(7,8)3(11)10-4-9-1-2-12-4/h1-2H2,(H,9,10,11). The fourth-order valence-electron chi connectivity index (χ4n) is 0.584. The summed E-state index contributed by atoms with van der Waals surface area (Å²) in [6.45, 7) is 0.550. The summed E-state index contributed by atoms with van der Waals surface area (Å²) in [5.74, 6) is -1.41. The molecule has 12 heavy (non-hydrogen) atoms. The number of hydrogen-bond acceptors (Lipinski definition) is 2. The van der Waals surface area contributed by atoms with Crippen molar-refractivity contribution in [1.82, 2.24) is 5.32 Å². The number of carbonyl (C=O) groups is 1. The fraction of sp³-hybridized carbons (Fsp3) is 0.600. The van der Waals surface area contributed by atoms with E-state index >= 15 is 0 Å². The summed E-state index contributed by atoms with van der Waals surface area (Å²) in [5.41, 5.74) is 0. The second-order valence-electron chi connectivity index (χ2n) is 2.00. The number of thioether (sulfide) groups is 1. The molecule has 0 radical (unpaired) electrons. The molecule has 1 fully saturated rings. The average Bonchev–Trinajstić information content (AvgIpc) is 2.37. The second-order valence-corrected chi connectivity index (χ2v) is 3.08. The number of aliphatic imine (C=N–C) groups is 1. The van der Waals surface area contributed by atoms with E-state index in [0.717, 1.165) is 11.8 Å². The van der Waals surface area contributed by atoms with Crippen molar-refractivity contribution >= 4 is 22.8 Å². The van der Waals surface area contributed by atoms with Crippen LogP contribution in [-0.4, -0.2) is 29.5 Å². The molecule has 1 amide bonds. The van der Waals surface area contributed by atoms with Crippen LogP contribution in [0.5, 0.6) is 0 Å². The molecule has 0 spiro atoms. The predicted molar refractivity (Wildman–Crippen MR) is 39.0 cm³/mol. The van der Waals surface area contributed by atoms with E-state index in [1.54, 1.807) is 0 Å². The molecular weight excluding hydrogens is 193 g/mol. The Morgan fingerprint density at radius 2 is 2.25 bits per heavy atom. The third-order valence-electron chi connectivity index (χ3n) is 1.06. The lowest BCUT2D eigenvalue weighted by Crippen LogP contribution is -2.24. The summed E-state index contributed by atoms with van der Waals surface area (Å²) in [4.78, 5) is 13.1. The SMILES string of the molecule is O=C(/N=C1\NCCS1)C(F)(F)F. The highest BCUT2D eigenvalue weighted by Crippen LogP contribution is 2.18. The van der Waals surface area contributed by atoms with E-state index < -0.39 is 12.1 Å². The van der Waals surface area contributed by atoms with E-state index in [-0.39, 0.29) is 5.17 Å². The molecule has 0 atom stereocenters. The van der Waals surface area contributed by atoms with Crippen LogP contribution >= 0.6 is 11.8 Å². The molecule has 1 aliphatic heterocycles. The highest BCUT2D eigenvalue weighted by Gasteiger charge is 2.39. The largest absolute Gasteiger partial charge is 0.473 e. The highest BCUT2D eigenvalue weighted by atomic mass is 32.2. The lowest BCUT2D eigenvalue weighted by molar-refractivity contribution is -0.169. The first-order chi connectivity index (χ1) is 5.50. The van der Waals surface area contributed by atoms with Gasteiger partial charge >= 0.3 is 12.1 Å². The minimum atomic E-state index is -4.86. The van der Waals surface area contributed by atoms with Crippen LogP contribution in [-0.2, 0) is 4.79 Å². The topological polar surface area (TPSA) is 41.5 Å². The van der Waals surface area contributed by atoms with Gasteiger partial charge in [0.25, 0.3) is 0 Å². The number of nitrogens with one attached hydrogen (secondary N) is 1. The third kappa shape index (κ3) is 2.40. The molecule has 1 N–H and O–H groups in total. The molecule has 7 heteroatoms. The van der Waals surface area contributed by atoms with Crippen LogP contribution in [0.1, 0.15) is 0 Å². The molecule has 1 aliphatic rings. The van der Waals surface area contributed by atoms with Crippen LogP contribution in [0.3, 0.4) is 0 Å². The van der Waals surface area contributed by atoms with Crippen molar-refractivity contribution in [3.05, 3.63) is 0 Å². The molecule has 1 saturated heterocycles. The van der Waals surface area contributed by atoms with Crippen LogP contribution in [0.15, 0.2) is 4.99 Å². The molecular formula is C5H5F3N2OS. The van der Waals surface area contributed by atoms with E-state index in [1.165, 1.54) is 0 Å². The number of amidine groups is 1. The van der Waals surface area contributed by atoms with Gasteiger partial charge in [0.2, 0.25) is 0 Å². The van der Waals surface area contributed by atoms with Gasteiger partial charge in [0.15, 0.2) is 5.17 Å². The molecule has 0 aromatic carbocycles. The van der Waals surface area contributed by atoms with Gasteiger partial charge in [-0.25, -0.2) is 0 Å². The number of alkyl halides is 3. The van der Waals surface area contributed by atoms with Crippen molar-refractivity contribution in [2.24, 2.45) is 4.99 Å². The molecule has 0 aromatic heterocycles. The van der Waals surface area contributed by atoms with Gasteiger partial charge in [0.05, 0.1) is 0 Å². The first-order valence-electron chi connectivity index (χ1n) is 3.06. The maximum Gasteiger partial charge on any atom is 0.473 e. The number of hydrogen-bond donors (Lipinski definition) is 1. The Labute approximate surface area is 70.4 Å². The fourth-order valence-corrected chi connectivity index (χ4v) is 1.33. The van der Waals surface area contributed by atoms with Crippen LogP contribution < -0.4 is 5.32 Å². The molecule has 68 valence electrons. The smallest absolute Gasteiger partial charge is 0.364 e. The quantitative estimate of drug-likeness (QED) is 0.625. The summed E-state index contributed by atoms with van der Waals surface area (Å²) in [6, 6.07) is 0. The highest BCUT2D eigenvalue weighted by molar-refractivity contribution is 8.14. The minimum absolute atomic E-state index is 0.0531. The normalized spacial score (nSPS) is 21.1. The molecule has 1 rings (SSSR count). The summed E-state index contributed by atoms with van der Waals surface area (Å²) in [6.07, 6.45) is -4.86. The van der Waals surface area contributed by atoms with Crippen molar-refractivity contribution < 1.29 is 18.0 Å². The van der Waals surface area contributed by atoms with Gasteiger partial charge in [0, 0.05) is 12.3 Å². The molecule has 0 bridgehead atoms. The van der Waals surface area contributed by atoms with E-state index in [0.29, 0.717) is 12.3 Å². The van der Waals surface area contributed by atoms with Crippen LogP contribution in [0.4, 0.5) is 13.2 Å².